The summed E-state index contributed by atoms with van der Waals surface area (Å²) in [5.41, 5.74) is 14.4. The molecule has 10 nitrogen and oxygen atoms in total. The van der Waals surface area contributed by atoms with E-state index in [9.17, 15) is 20.1 Å². The van der Waals surface area contributed by atoms with E-state index in [0.717, 1.165) is 63.4 Å². The molecule has 4 aliphatic heterocycles. The number of Topliss-reactive ketones (excluding diaryl/α,β-unsaturated/α-hetero) is 1. The number of nitrogens with zero attached hydrogens (tertiary/aromatic N) is 1. The van der Waals surface area contributed by atoms with Gasteiger partial charge in [0.2, 0.25) is 0 Å². The van der Waals surface area contributed by atoms with Gasteiger partial charge in [0.25, 0.3) is 6.23 Å². The summed E-state index contributed by atoms with van der Waals surface area (Å²) in [6.45, 7) is 3.30. The first-order valence-corrected chi connectivity index (χ1v) is 19.7. The van der Waals surface area contributed by atoms with Crippen LogP contribution in [0.5, 0.6) is 11.5 Å². The van der Waals surface area contributed by atoms with Crippen LogP contribution in [0.25, 0.3) is 0 Å². The van der Waals surface area contributed by atoms with Gasteiger partial charge in [-0.3, -0.25) is 20.0 Å². The van der Waals surface area contributed by atoms with Crippen LogP contribution in [0.3, 0.4) is 0 Å². The van der Waals surface area contributed by atoms with Crippen molar-refractivity contribution in [3.63, 3.8) is 0 Å². The highest BCUT2D eigenvalue weighted by atomic mass is 16.5. The van der Waals surface area contributed by atoms with Crippen molar-refractivity contribution in [2.24, 2.45) is 16.6 Å². The monoisotopic (exact) mass is 755 g/mol. The first kappa shape index (κ1) is 39.2. The zero-order valence-corrected chi connectivity index (χ0v) is 31.8. The molecule has 0 fully saturated rings. The van der Waals surface area contributed by atoms with Gasteiger partial charge in [0.1, 0.15) is 42.4 Å². The Morgan fingerprint density at radius 1 is 1.04 bits per heavy atom. The molecule has 7 N–H and O–H groups in total. The molecule has 10 heteroatoms. The summed E-state index contributed by atoms with van der Waals surface area (Å²) in [6, 6.07) is 21.8. The molecule has 0 saturated carbocycles. The molecule has 0 radical (unpaired) electrons. The van der Waals surface area contributed by atoms with E-state index < -0.39 is 30.5 Å². The van der Waals surface area contributed by atoms with E-state index in [1.54, 1.807) is 6.07 Å². The van der Waals surface area contributed by atoms with Gasteiger partial charge in [-0.05, 0) is 71.2 Å². The molecule has 0 amide bonds. The number of aliphatic imine (C=N–C) groups is 1. The number of hydrogen-bond acceptors (Lipinski definition) is 9. The van der Waals surface area contributed by atoms with E-state index in [1.807, 2.05) is 55.6 Å². The number of aliphatic hydroxyl groups excluding tert-OH is 3. The van der Waals surface area contributed by atoms with Crippen molar-refractivity contribution in [3.05, 3.63) is 118 Å². The quantitative estimate of drug-likeness (QED) is 0.108. The van der Waals surface area contributed by atoms with Gasteiger partial charge in [0, 0.05) is 38.4 Å². The van der Waals surface area contributed by atoms with Gasteiger partial charge < -0.3 is 30.5 Å². The normalized spacial score (nSPS) is 22.2. The molecule has 56 heavy (non-hydrogen) atoms. The van der Waals surface area contributed by atoms with Crippen molar-refractivity contribution in [2.45, 2.75) is 95.4 Å². The van der Waals surface area contributed by atoms with Crippen LogP contribution in [0.15, 0.2) is 95.3 Å². The number of carbonyl (C=O) groups is 1. The minimum absolute atomic E-state index is 0.00801. The molecule has 7 unspecified atom stereocenters. The Bertz CT molecular complexity index is 2120. The molecule has 0 aliphatic carbocycles. The Hall–Kier alpha value is -5.04. The van der Waals surface area contributed by atoms with Crippen molar-refractivity contribution >= 4 is 11.5 Å². The summed E-state index contributed by atoms with van der Waals surface area (Å²) in [5.74, 6) is 10.1. The third kappa shape index (κ3) is 9.66. The fraction of sp³-hybridized carbons (Fsp3) is 0.391. The molecule has 4 aliphatic rings. The Balaban J connectivity index is 1.10. The number of quaternary nitrogens is 1. The number of fused-ring (bicyclic) bond motifs is 5. The third-order valence-electron chi connectivity index (χ3n) is 10.8. The number of ketones is 1. The topological polar surface area (TPSA) is 151 Å². The van der Waals surface area contributed by atoms with E-state index in [2.05, 4.69) is 53.6 Å². The lowest BCUT2D eigenvalue weighted by atomic mass is 9.91. The summed E-state index contributed by atoms with van der Waals surface area (Å²) < 4.78 is 12.7. The number of ether oxygens (including phenoxy) is 2. The van der Waals surface area contributed by atoms with E-state index in [0.29, 0.717) is 43.7 Å². The van der Waals surface area contributed by atoms with Crippen LogP contribution < -0.4 is 25.4 Å². The van der Waals surface area contributed by atoms with Gasteiger partial charge in [0.15, 0.2) is 11.5 Å². The maximum atomic E-state index is 12.8. The van der Waals surface area contributed by atoms with Gasteiger partial charge in [0.05, 0.1) is 23.9 Å². The number of nitrogens with two attached hydrogens (primary N) is 1. The summed E-state index contributed by atoms with van der Waals surface area (Å²) >= 11 is 0. The average Bonchev–Trinajstić information content (AvgIpc) is 3.79. The number of allylic oxidation sites excluding steroid dienone is 1. The molecular formula is C46H51N4O6+. The van der Waals surface area contributed by atoms with Crippen LogP contribution in [0.4, 0.5) is 0 Å². The maximum absolute atomic E-state index is 12.8. The molecule has 0 aromatic heterocycles. The predicted octanol–water partition coefficient (Wildman–Crippen LogP) is 3.76. The van der Waals surface area contributed by atoms with E-state index in [-0.39, 0.29) is 31.2 Å². The van der Waals surface area contributed by atoms with Crippen molar-refractivity contribution in [1.82, 2.24) is 5.32 Å². The summed E-state index contributed by atoms with van der Waals surface area (Å²) in [5, 5.41) is 35.4. The van der Waals surface area contributed by atoms with E-state index in [4.69, 9.17) is 20.2 Å². The maximum Gasteiger partial charge on any atom is 0.251 e. The summed E-state index contributed by atoms with van der Waals surface area (Å²) in [7, 11) is 0. The van der Waals surface area contributed by atoms with Gasteiger partial charge in [-0.2, -0.15) is 0 Å². The number of carbonyl (C=O) groups excluding carboxylic acids is 1. The smallest absolute Gasteiger partial charge is 0.251 e. The number of hydrogen-bond donors (Lipinski definition) is 6. The molecule has 0 saturated heterocycles. The second kappa shape index (κ2) is 18.3. The molecule has 7 atom stereocenters. The number of rotatable bonds is 14. The fourth-order valence-electron chi connectivity index (χ4n) is 7.80. The lowest BCUT2D eigenvalue weighted by molar-refractivity contribution is -0.886. The van der Waals surface area contributed by atoms with Gasteiger partial charge >= 0.3 is 0 Å². The van der Waals surface area contributed by atoms with Crippen LogP contribution in [0.1, 0.15) is 85.5 Å². The van der Waals surface area contributed by atoms with Crippen molar-refractivity contribution in [1.29, 1.82) is 0 Å². The molecular weight excluding hydrogens is 705 g/mol. The minimum Gasteiger partial charge on any atom is -0.437 e. The Kier molecular flexibility index (Phi) is 12.8. The number of benzene rings is 3. The Labute approximate surface area is 329 Å². The molecule has 290 valence electrons. The lowest BCUT2D eigenvalue weighted by Gasteiger charge is -2.27. The Morgan fingerprint density at radius 2 is 1.89 bits per heavy atom. The van der Waals surface area contributed by atoms with E-state index >= 15 is 0 Å². The molecule has 0 spiro atoms. The van der Waals surface area contributed by atoms with Gasteiger partial charge in [-0.25, -0.2) is 0 Å². The van der Waals surface area contributed by atoms with Crippen LogP contribution >= 0.6 is 0 Å². The van der Waals surface area contributed by atoms with Crippen LogP contribution in [-0.4, -0.2) is 58.3 Å². The molecule has 3 aromatic carbocycles. The largest absolute Gasteiger partial charge is 0.437 e. The highest BCUT2D eigenvalue weighted by Gasteiger charge is 2.40. The SMILES string of the molecule is CCCC(O)CC(O)CC(=O)CCc1ccc2c(c1)OC1C(C#CC(O)c3ccc(C(N)NCCc4ccccc4)cc3CC3=CN=C4C[NH+]1C=C34)CC#CO2. The molecule has 3 aromatic rings. The fourth-order valence-corrected chi connectivity index (χ4v) is 7.80. The average molecular weight is 756 g/mol. The number of aryl methyl sites for hydroxylation is 1. The summed E-state index contributed by atoms with van der Waals surface area (Å²) in [6.07, 6.45) is 7.59. The van der Waals surface area contributed by atoms with Gasteiger partial charge in [-0.1, -0.05) is 85.7 Å². The molecule has 2 bridgehead atoms. The van der Waals surface area contributed by atoms with Crippen LogP contribution in [-0.2, 0) is 24.1 Å². The number of nitrogens with one attached hydrogen (secondary N) is 2. The lowest BCUT2D eigenvalue weighted by Crippen LogP contribution is -3.13. The van der Waals surface area contributed by atoms with Crippen LogP contribution in [0.2, 0.25) is 0 Å². The van der Waals surface area contributed by atoms with Crippen molar-refractivity contribution in [2.75, 3.05) is 13.1 Å². The van der Waals surface area contributed by atoms with Crippen LogP contribution in [0, 0.1) is 29.8 Å². The second-order valence-corrected chi connectivity index (χ2v) is 15.1. The first-order chi connectivity index (χ1) is 27.2. The van der Waals surface area contributed by atoms with Crippen molar-refractivity contribution in [3.8, 4) is 35.4 Å². The zero-order valence-electron chi connectivity index (χ0n) is 31.8. The highest BCUT2D eigenvalue weighted by Crippen LogP contribution is 2.33. The predicted molar refractivity (Wildman–Crippen MR) is 214 cm³/mol. The van der Waals surface area contributed by atoms with Crippen molar-refractivity contribution < 1.29 is 34.5 Å². The number of aliphatic hydroxyl groups is 3. The second-order valence-electron chi connectivity index (χ2n) is 15.1. The highest BCUT2D eigenvalue weighted by molar-refractivity contribution is 6.08. The zero-order chi connectivity index (χ0) is 39.0. The Morgan fingerprint density at radius 3 is 2.73 bits per heavy atom. The van der Waals surface area contributed by atoms with E-state index in [1.165, 1.54) is 5.56 Å². The van der Waals surface area contributed by atoms with Gasteiger partial charge in [-0.15, -0.1) is 0 Å². The standard InChI is InChI=1S/C46H50N4O6/c1-2-7-36(51)25-38(53)26-37(52)15-11-31-12-18-43-44(22-31)56-46-32(10-6-21-55-43)14-17-42(54)39-16-13-33(45(47)48-20-19-30-8-4-3-5-9-30)23-34(39)24-35-27-49-41-29-50(46)28-40(35)41/h3-5,8-9,12-13,16,18,22-23,27-28,32,36,38,42,45-46,48,51,53-54H,2,7,10-11,15,19-20,24-26,29,47H2,1H3/p+1. The summed E-state index contributed by atoms with van der Waals surface area (Å²) in [4.78, 5) is 18.6. The molecule has 7 rings (SSSR count). The third-order valence-corrected chi connectivity index (χ3v) is 10.8. The minimum atomic E-state index is -1.05. The first-order valence-electron chi connectivity index (χ1n) is 19.7. The molecule has 4 heterocycles.